The number of carboxylic acids is 2. The number of rotatable bonds is 14. The molecule has 1 fully saturated rings. The smallest absolute Gasteiger partial charge is 0.303 e. The lowest BCUT2D eigenvalue weighted by Crippen LogP contribution is -2.16. The van der Waals surface area contributed by atoms with Crippen LogP contribution in [0, 0.1) is 25.7 Å². The van der Waals surface area contributed by atoms with Gasteiger partial charge in [-0.15, -0.1) is 0 Å². The number of nitrogens with zero attached hydrogens (tertiary/aromatic N) is 1. The number of hydrogen-bond donors (Lipinski definition) is 6. The van der Waals surface area contributed by atoms with Crippen LogP contribution < -0.4 is 5.32 Å². The number of H-pyrrole nitrogens is 2. The molecule has 10 nitrogen and oxygen atoms in total. The number of carbonyl (C=O) groups is 4. The predicted molar refractivity (Wildman–Crippen MR) is 172 cm³/mol. The van der Waals surface area contributed by atoms with Gasteiger partial charge in [-0.2, -0.15) is 12.6 Å². The van der Waals surface area contributed by atoms with Crippen LogP contribution in [0.3, 0.4) is 0 Å². The van der Waals surface area contributed by atoms with Crippen molar-refractivity contribution in [3.63, 3.8) is 0 Å². The van der Waals surface area contributed by atoms with Gasteiger partial charge in [-0.3, -0.25) is 19.2 Å². The first-order chi connectivity index (χ1) is 20.9. The number of aliphatic imine (C=N–C) groups is 1. The van der Waals surface area contributed by atoms with Crippen LogP contribution in [0.1, 0.15) is 78.1 Å². The summed E-state index contributed by atoms with van der Waals surface area (Å²) in [5.74, 6) is -1.69. The molecule has 2 aliphatic rings. The lowest BCUT2D eigenvalue weighted by molar-refractivity contribution is -0.138. The van der Waals surface area contributed by atoms with Crippen LogP contribution in [-0.2, 0) is 44.9 Å². The average molecular weight is 621 g/mol. The number of nitrogens with one attached hydrogen (secondary N) is 3. The van der Waals surface area contributed by atoms with Crippen LogP contribution in [0.4, 0.5) is 0 Å². The normalized spacial score (nSPS) is 19.2. The fraction of sp³-hybridized carbons (Fsp3) is 0.424. The minimum Gasteiger partial charge on any atom is -0.481 e. The van der Waals surface area contributed by atoms with E-state index in [1.807, 2.05) is 33.8 Å². The Morgan fingerprint density at radius 3 is 2.14 bits per heavy atom. The summed E-state index contributed by atoms with van der Waals surface area (Å²) in [6, 6.07) is 0. The molecule has 0 aromatic carbocycles. The van der Waals surface area contributed by atoms with E-state index < -0.39 is 11.9 Å². The van der Waals surface area contributed by atoms with E-state index in [-0.39, 0.29) is 36.5 Å². The minimum absolute atomic E-state index is 0.00866. The summed E-state index contributed by atoms with van der Waals surface area (Å²) in [6.45, 7) is 11.3. The number of aromatic nitrogens is 2. The highest BCUT2D eigenvalue weighted by molar-refractivity contribution is 7.80. The van der Waals surface area contributed by atoms with E-state index in [4.69, 9.17) is 0 Å². The van der Waals surface area contributed by atoms with Crippen molar-refractivity contribution in [2.45, 2.75) is 72.6 Å². The van der Waals surface area contributed by atoms with Crippen LogP contribution in [0.15, 0.2) is 34.5 Å². The first-order valence-electron chi connectivity index (χ1n) is 14.8. The first kappa shape index (κ1) is 32.8. The molecule has 2 aliphatic heterocycles. The second kappa shape index (κ2) is 13.7. The molecule has 1 unspecified atom stereocenters. The average Bonchev–Trinajstić information content (AvgIpc) is 3.60. The fourth-order valence-corrected chi connectivity index (χ4v) is 6.51. The molecule has 2 amide bonds. The van der Waals surface area contributed by atoms with Crippen LogP contribution in [0.2, 0.25) is 0 Å². The molecule has 0 saturated carbocycles. The Hall–Kier alpha value is -4.12. The van der Waals surface area contributed by atoms with Crippen LogP contribution in [0.25, 0.3) is 6.08 Å². The Morgan fingerprint density at radius 1 is 0.955 bits per heavy atom. The van der Waals surface area contributed by atoms with Crippen LogP contribution in [-0.4, -0.2) is 55.4 Å². The molecule has 0 radical (unpaired) electrons. The molecule has 0 bridgehead atoms. The lowest BCUT2D eigenvalue weighted by Gasteiger charge is -2.12. The quantitative estimate of drug-likeness (QED) is 0.168. The van der Waals surface area contributed by atoms with Gasteiger partial charge in [0.2, 0.25) is 5.91 Å². The summed E-state index contributed by atoms with van der Waals surface area (Å²) in [5, 5.41) is 21.9. The largest absolute Gasteiger partial charge is 0.481 e. The predicted octanol–water partition coefficient (Wildman–Crippen LogP) is 4.65. The van der Waals surface area contributed by atoms with E-state index in [2.05, 4.69) is 39.5 Å². The number of thiol groups is 1. The van der Waals surface area contributed by atoms with Crippen molar-refractivity contribution in [3.8, 4) is 0 Å². The summed E-state index contributed by atoms with van der Waals surface area (Å²) < 4.78 is 0. The Bertz CT molecular complexity index is 1620. The van der Waals surface area contributed by atoms with Gasteiger partial charge in [0.25, 0.3) is 5.91 Å². The minimum atomic E-state index is -0.909. The zero-order valence-corrected chi connectivity index (χ0v) is 26.5. The van der Waals surface area contributed by atoms with E-state index >= 15 is 0 Å². The second-order valence-electron chi connectivity index (χ2n) is 11.6. The first-order valence-corrected chi connectivity index (χ1v) is 15.4. The molecule has 5 N–H and O–H groups in total. The SMILES string of the molecule is C=CC1=C(C)C(Cc2[nH]c(Cc3[nH]c(/C=C4\NC(=O)[C@@H](C)C4CCS)c(C)c3CCC(=O)O)c(CCC(=O)O)c2C)=NC1=O. The van der Waals surface area contributed by atoms with Crippen molar-refractivity contribution in [2.75, 3.05) is 5.75 Å². The Labute approximate surface area is 262 Å². The number of aliphatic carboxylic acids is 2. The Balaban J connectivity index is 1.76. The van der Waals surface area contributed by atoms with Gasteiger partial charge in [0.1, 0.15) is 0 Å². The van der Waals surface area contributed by atoms with Gasteiger partial charge >= 0.3 is 11.9 Å². The molecule has 44 heavy (non-hydrogen) atoms. The summed E-state index contributed by atoms with van der Waals surface area (Å²) in [4.78, 5) is 59.1. The maximum Gasteiger partial charge on any atom is 0.303 e. The molecule has 1 saturated heterocycles. The van der Waals surface area contributed by atoms with Crippen molar-refractivity contribution < 1.29 is 29.4 Å². The highest BCUT2D eigenvalue weighted by Gasteiger charge is 2.35. The molecule has 2 aromatic heterocycles. The molecule has 4 rings (SSSR count). The Kier molecular flexibility index (Phi) is 10.2. The highest BCUT2D eigenvalue weighted by atomic mass is 32.1. The molecule has 2 aromatic rings. The zero-order chi connectivity index (χ0) is 32.3. The lowest BCUT2D eigenvalue weighted by atomic mass is 9.91. The van der Waals surface area contributed by atoms with E-state index in [0.717, 1.165) is 62.7 Å². The van der Waals surface area contributed by atoms with Gasteiger partial charge in [-0.1, -0.05) is 19.6 Å². The monoisotopic (exact) mass is 620 g/mol. The molecule has 0 aliphatic carbocycles. The van der Waals surface area contributed by atoms with Crippen molar-refractivity contribution in [2.24, 2.45) is 16.8 Å². The summed E-state index contributed by atoms with van der Waals surface area (Å²) in [6.07, 6.45) is 5.46. The molecule has 2 atom stereocenters. The maximum absolute atomic E-state index is 12.5. The molecule has 234 valence electrons. The van der Waals surface area contributed by atoms with Crippen LogP contribution in [0.5, 0.6) is 0 Å². The van der Waals surface area contributed by atoms with Gasteiger partial charge < -0.3 is 25.5 Å². The molecular formula is C33H40N4O6S. The number of carbonyl (C=O) groups excluding carboxylic acids is 2. The van der Waals surface area contributed by atoms with Crippen molar-refractivity contribution in [1.82, 2.24) is 15.3 Å². The number of hydrogen-bond acceptors (Lipinski definition) is 5. The Morgan fingerprint density at radius 2 is 1.57 bits per heavy atom. The molecule has 4 heterocycles. The number of allylic oxidation sites excluding steroid dienone is 2. The van der Waals surface area contributed by atoms with Gasteiger partial charge in [0, 0.05) is 71.6 Å². The molecule has 11 heteroatoms. The van der Waals surface area contributed by atoms with E-state index in [1.54, 1.807) is 0 Å². The standard InChI is InChI=1S/C33H40N4O6S/c1-6-20-16(2)26(36-33(20)43)13-24-17(3)21(7-9-30(38)39)27(34-24)15-28-22(8-10-31(40)41)18(4)25(35-28)14-29-23(11-12-44)19(5)32(42)37-29/h6,14,19,23,34-35,44H,1,7-13,15H2,2-5H3,(H,37,42)(H,38,39)(H,40,41)/b29-14-/t19-,23?/m0/s1. The van der Waals surface area contributed by atoms with E-state index in [9.17, 15) is 29.4 Å². The molecular weight excluding hydrogens is 580 g/mol. The van der Waals surface area contributed by atoms with Crippen molar-refractivity contribution >= 4 is 48.2 Å². The van der Waals surface area contributed by atoms with Crippen molar-refractivity contribution in [1.29, 1.82) is 0 Å². The zero-order valence-electron chi connectivity index (χ0n) is 25.6. The van der Waals surface area contributed by atoms with Gasteiger partial charge in [0.05, 0.1) is 5.71 Å². The third kappa shape index (κ3) is 6.83. The summed E-state index contributed by atoms with van der Waals surface area (Å²) in [7, 11) is 0. The third-order valence-corrected chi connectivity index (χ3v) is 9.14. The topological polar surface area (TPSA) is 165 Å². The van der Waals surface area contributed by atoms with Crippen molar-refractivity contribution in [3.05, 3.63) is 74.5 Å². The number of aromatic amines is 2. The highest BCUT2D eigenvalue weighted by Crippen LogP contribution is 2.33. The third-order valence-electron chi connectivity index (χ3n) is 8.89. The summed E-state index contributed by atoms with van der Waals surface area (Å²) >= 11 is 4.38. The number of amides is 2. The second-order valence-corrected chi connectivity index (χ2v) is 12.0. The molecule has 0 spiro atoms. The number of carboxylic acid groups (broad SMARTS) is 2. The van der Waals surface area contributed by atoms with Gasteiger partial charge in [-0.25, -0.2) is 4.99 Å². The maximum atomic E-state index is 12.5. The summed E-state index contributed by atoms with van der Waals surface area (Å²) in [5.41, 5.74) is 9.53. The van der Waals surface area contributed by atoms with E-state index in [0.29, 0.717) is 42.7 Å². The van der Waals surface area contributed by atoms with E-state index in [1.165, 1.54) is 6.08 Å². The van der Waals surface area contributed by atoms with Gasteiger partial charge in [0.15, 0.2) is 0 Å². The van der Waals surface area contributed by atoms with Gasteiger partial charge in [-0.05, 0) is 79.7 Å². The van der Waals surface area contributed by atoms with Crippen LogP contribution >= 0.6 is 12.6 Å². The fourth-order valence-electron chi connectivity index (χ4n) is 6.23.